The van der Waals surface area contributed by atoms with Gasteiger partial charge in [-0.15, -0.1) is 11.3 Å². The van der Waals surface area contributed by atoms with Crippen molar-refractivity contribution in [2.45, 2.75) is 30.2 Å². The van der Waals surface area contributed by atoms with Crippen LogP contribution < -0.4 is 5.73 Å². The van der Waals surface area contributed by atoms with E-state index in [1.54, 1.807) is 23.1 Å². The summed E-state index contributed by atoms with van der Waals surface area (Å²) in [5, 5.41) is 2.05. The minimum atomic E-state index is 0.345. The van der Waals surface area contributed by atoms with E-state index in [9.17, 15) is 0 Å². The Morgan fingerprint density at radius 2 is 2.05 bits per heavy atom. The zero-order valence-electron chi connectivity index (χ0n) is 11.4. The number of nitrogens with two attached hydrogens (primary N) is 1. The first-order chi connectivity index (χ1) is 9.67. The van der Waals surface area contributed by atoms with Gasteiger partial charge in [0.25, 0.3) is 0 Å². The first-order valence-electron chi connectivity index (χ1n) is 6.46. The second-order valence-electron chi connectivity index (χ2n) is 4.54. The summed E-state index contributed by atoms with van der Waals surface area (Å²) in [6, 6.07) is 10.5. The minimum Gasteiger partial charge on any atom is -0.368 e. The number of hydrogen-bond donors (Lipinski definition) is 1. The molecule has 3 rings (SSSR count). The molecule has 0 atom stereocenters. The average molecular weight is 301 g/mol. The van der Waals surface area contributed by atoms with Crippen LogP contribution in [-0.4, -0.2) is 9.97 Å². The molecule has 1 aromatic carbocycles. The van der Waals surface area contributed by atoms with Crippen LogP contribution in [0.1, 0.15) is 17.4 Å². The molecule has 0 bridgehead atoms. The van der Waals surface area contributed by atoms with Crippen molar-refractivity contribution >= 4 is 39.3 Å². The molecule has 102 valence electrons. The highest BCUT2D eigenvalue weighted by Crippen LogP contribution is 2.36. The van der Waals surface area contributed by atoms with E-state index in [0.29, 0.717) is 5.95 Å². The largest absolute Gasteiger partial charge is 0.368 e. The van der Waals surface area contributed by atoms with Gasteiger partial charge in [0.15, 0.2) is 0 Å². The van der Waals surface area contributed by atoms with E-state index in [4.69, 9.17) is 5.73 Å². The lowest BCUT2D eigenvalue weighted by Crippen LogP contribution is -1.95. The number of fused-ring (bicyclic) bond motifs is 1. The number of hydrogen-bond acceptors (Lipinski definition) is 5. The van der Waals surface area contributed by atoms with Crippen LogP contribution >= 0.6 is 23.1 Å². The van der Waals surface area contributed by atoms with Crippen LogP contribution in [0.25, 0.3) is 10.2 Å². The first-order valence-corrected chi connectivity index (χ1v) is 8.10. The van der Waals surface area contributed by atoms with Crippen LogP contribution in [0.2, 0.25) is 0 Å². The number of nitrogens with zero attached hydrogens (tertiary/aromatic N) is 2. The Balaban J connectivity index is 2.11. The highest BCUT2D eigenvalue weighted by Gasteiger charge is 2.12. The third kappa shape index (κ3) is 2.51. The Bertz CT molecular complexity index is 765. The standard InChI is InChI=1S/C15H15N3S2/c1-3-10-8-11-13(19-10)17-15(16)18-14(11)20-12-7-5-4-6-9(12)2/h4-8H,3H2,1-2H3,(H2,16,17,18). The number of anilines is 1. The molecule has 0 spiro atoms. The van der Waals surface area contributed by atoms with Gasteiger partial charge in [0, 0.05) is 15.2 Å². The van der Waals surface area contributed by atoms with Gasteiger partial charge in [0.2, 0.25) is 5.95 Å². The molecule has 0 fully saturated rings. The lowest BCUT2D eigenvalue weighted by molar-refractivity contribution is 1.12. The summed E-state index contributed by atoms with van der Waals surface area (Å²) in [7, 11) is 0. The molecule has 2 aromatic heterocycles. The summed E-state index contributed by atoms with van der Waals surface area (Å²) in [5.74, 6) is 0.345. The van der Waals surface area contributed by atoms with Gasteiger partial charge in [-0.1, -0.05) is 36.9 Å². The Morgan fingerprint density at radius 3 is 2.80 bits per heavy atom. The predicted octanol–water partition coefficient (Wildman–Crippen LogP) is 4.30. The number of aromatic nitrogens is 2. The van der Waals surface area contributed by atoms with Crippen molar-refractivity contribution in [3.8, 4) is 0 Å². The Hall–Kier alpha value is -1.59. The molecule has 0 saturated carbocycles. The molecule has 20 heavy (non-hydrogen) atoms. The molecule has 0 amide bonds. The summed E-state index contributed by atoms with van der Waals surface area (Å²) in [5.41, 5.74) is 7.08. The number of benzene rings is 1. The van der Waals surface area contributed by atoms with Gasteiger partial charge in [-0.2, -0.15) is 0 Å². The second kappa shape index (κ2) is 5.42. The SMILES string of the molecule is CCc1cc2c(Sc3ccccc3C)nc(N)nc2s1. The van der Waals surface area contributed by atoms with Crippen LogP contribution in [0.3, 0.4) is 0 Å². The molecule has 5 heteroatoms. The maximum absolute atomic E-state index is 5.84. The first kappa shape index (κ1) is 13.4. The van der Waals surface area contributed by atoms with E-state index in [-0.39, 0.29) is 0 Å². The smallest absolute Gasteiger partial charge is 0.222 e. The molecule has 0 unspecified atom stereocenters. The number of nitrogen functional groups attached to an aromatic ring is 1. The Morgan fingerprint density at radius 1 is 1.25 bits per heavy atom. The number of thiophene rings is 1. The van der Waals surface area contributed by atoms with Gasteiger partial charge < -0.3 is 5.73 Å². The maximum Gasteiger partial charge on any atom is 0.222 e. The molecule has 0 aliphatic carbocycles. The third-order valence-corrected chi connectivity index (χ3v) is 5.43. The molecule has 2 N–H and O–H groups in total. The molecule has 3 aromatic rings. The molecule has 3 nitrogen and oxygen atoms in total. The fourth-order valence-electron chi connectivity index (χ4n) is 1.99. The van der Waals surface area contributed by atoms with Crippen LogP contribution in [0.4, 0.5) is 5.95 Å². The van der Waals surface area contributed by atoms with E-state index >= 15 is 0 Å². The minimum absolute atomic E-state index is 0.345. The van der Waals surface area contributed by atoms with Gasteiger partial charge >= 0.3 is 0 Å². The molecular formula is C15H15N3S2. The van der Waals surface area contributed by atoms with Gasteiger partial charge in [-0.3, -0.25) is 0 Å². The predicted molar refractivity (Wildman–Crippen MR) is 86.5 cm³/mol. The van der Waals surface area contributed by atoms with Crippen molar-refractivity contribution in [2.24, 2.45) is 0 Å². The molecular weight excluding hydrogens is 286 g/mol. The number of aryl methyl sites for hydroxylation is 2. The fourth-order valence-corrected chi connectivity index (χ4v) is 4.02. The normalized spacial score (nSPS) is 11.1. The van der Waals surface area contributed by atoms with Gasteiger partial charge in [-0.05, 0) is 31.0 Å². The third-order valence-electron chi connectivity index (χ3n) is 3.07. The highest BCUT2D eigenvalue weighted by molar-refractivity contribution is 7.99. The monoisotopic (exact) mass is 301 g/mol. The maximum atomic E-state index is 5.84. The van der Waals surface area contributed by atoms with E-state index in [2.05, 4.69) is 42.0 Å². The van der Waals surface area contributed by atoms with E-state index < -0.39 is 0 Å². The van der Waals surface area contributed by atoms with Crippen molar-refractivity contribution < 1.29 is 0 Å². The molecule has 0 aliphatic rings. The van der Waals surface area contributed by atoms with Crippen LogP contribution in [0.5, 0.6) is 0 Å². The van der Waals surface area contributed by atoms with E-state index in [1.165, 1.54) is 15.3 Å². The van der Waals surface area contributed by atoms with Gasteiger partial charge in [0.05, 0.1) is 0 Å². The lowest BCUT2D eigenvalue weighted by Gasteiger charge is -2.06. The molecule has 0 aliphatic heterocycles. The lowest BCUT2D eigenvalue weighted by atomic mass is 10.2. The van der Waals surface area contributed by atoms with Crippen LogP contribution in [0.15, 0.2) is 40.3 Å². The quantitative estimate of drug-likeness (QED) is 0.733. The van der Waals surface area contributed by atoms with Crippen LogP contribution in [0, 0.1) is 6.92 Å². The van der Waals surface area contributed by atoms with Crippen LogP contribution in [-0.2, 0) is 6.42 Å². The zero-order valence-corrected chi connectivity index (χ0v) is 13.0. The highest BCUT2D eigenvalue weighted by atomic mass is 32.2. The van der Waals surface area contributed by atoms with Crippen molar-refractivity contribution in [2.75, 3.05) is 5.73 Å². The van der Waals surface area contributed by atoms with Crippen molar-refractivity contribution in [3.63, 3.8) is 0 Å². The molecule has 0 radical (unpaired) electrons. The van der Waals surface area contributed by atoms with E-state index in [1.807, 2.05) is 12.1 Å². The molecule has 2 heterocycles. The van der Waals surface area contributed by atoms with Gasteiger partial charge in [0.1, 0.15) is 9.86 Å². The summed E-state index contributed by atoms with van der Waals surface area (Å²) in [6.07, 6.45) is 1.01. The summed E-state index contributed by atoms with van der Waals surface area (Å²) in [4.78, 5) is 12.3. The molecule has 0 saturated heterocycles. The van der Waals surface area contributed by atoms with Crippen molar-refractivity contribution in [1.29, 1.82) is 0 Å². The summed E-state index contributed by atoms with van der Waals surface area (Å²) < 4.78 is 0. The second-order valence-corrected chi connectivity index (χ2v) is 6.69. The number of rotatable bonds is 3. The van der Waals surface area contributed by atoms with Gasteiger partial charge in [-0.25, -0.2) is 9.97 Å². The van der Waals surface area contributed by atoms with Crippen molar-refractivity contribution in [3.05, 3.63) is 40.8 Å². The topological polar surface area (TPSA) is 51.8 Å². The summed E-state index contributed by atoms with van der Waals surface area (Å²) in [6.45, 7) is 4.25. The van der Waals surface area contributed by atoms with Crippen molar-refractivity contribution in [1.82, 2.24) is 9.97 Å². The fraction of sp³-hybridized carbons (Fsp3) is 0.200. The average Bonchev–Trinajstić information content (AvgIpc) is 2.84. The summed E-state index contributed by atoms with van der Waals surface area (Å²) >= 11 is 3.35. The zero-order chi connectivity index (χ0) is 14.1. The van der Waals surface area contributed by atoms with E-state index in [0.717, 1.165) is 21.7 Å². The Labute approximate surface area is 126 Å². The Kier molecular flexibility index (Phi) is 3.63.